The number of hydrogen-bond donors (Lipinski definition) is 2. The Morgan fingerprint density at radius 3 is 2.29 bits per heavy atom. The Balaban J connectivity index is 1.36. The van der Waals surface area contributed by atoms with Crippen LogP contribution in [0, 0.1) is 0 Å². The quantitative estimate of drug-likeness (QED) is 0.777. The summed E-state index contributed by atoms with van der Waals surface area (Å²) in [5.74, 6) is 0.183. The lowest BCUT2D eigenvalue weighted by molar-refractivity contribution is -0.121. The van der Waals surface area contributed by atoms with Gasteiger partial charge >= 0.3 is 0 Å². The van der Waals surface area contributed by atoms with Crippen LogP contribution >= 0.6 is 0 Å². The first-order valence-electron chi connectivity index (χ1n) is 9.69. The number of benzene rings is 1. The van der Waals surface area contributed by atoms with Crippen LogP contribution in [0.2, 0.25) is 0 Å². The third-order valence-electron chi connectivity index (χ3n) is 5.24. The van der Waals surface area contributed by atoms with Gasteiger partial charge in [0.1, 0.15) is 0 Å². The Hall–Kier alpha value is -1.71. The lowest BCUT2D eigenvalue weighted by Gasteiger charge is -2.18. The summed E-state index contributed by atoms with van der Waals surface area (Å²) in [5, 5.41) is 6.57. The first-order chi connectivity index (χ1) is 11.8. The van der Waals surface area contributed by atoms with Gasteiger partial charge in [-0.25, -0.2) is 0 Å². The van der Waals surface area contributed by atoms with E-state index in [1.165, 1.54) is 57.3 Å². The zero-order valence-electron chi connectivity index (χ0n) is 14.7. The largest absolute Gasteiger partial charge is 0.385 e. The fraction of sp³-hybridized carbons (Fsp3) is 0.650. The molecule has 1 aromatic rings. The van der Waals surface area contributed by atoms with Crippen molar-refractivity contribution < 1.29 is 4.79 Å². The van der Waals surface area contributed by atoms with Gasteiger partial charge in [-0.1, -0.05) is 25.7 Å². The molecule has 0 spiro atoms. The number of amides is 1. The normalized spacial score (nSPS) is 19.1. The molecule has 1 aliphatic carbocycles. The standard InChI is InChI=1S/C20H31N3O/c24-20(22-18-7-3-1-2-4-8-18)13-14-21-17-9-11-19(12-10-17)23-15-5-6-16-23/h9-12,18,21H,1-8,13-16H2,(H,22,24). The first kappa shape index (κ1) is 17.1. The number of anilines is 2. The maximum Gasteiger partial charge on any atom is 0.221 e. The van der Waals surface area contributed by atoms with E-state index < -0.39 is 0 Å². The van der Waals surface area contributed by atoms with Crippen LogP contribution in [0.4, 0.5) is 11.4 Å². The van der Waals surface area contributed by atoms with E-state index in [0.717, 1.165) is 18.5 Å². The minimum Gasteiger partial charge on any atom is -0.385 e. The van der Waals surface area contributed by atoms with Gasteiger partial charge in [0.05, 0.1) is 0 Å². The lowest BCUT2D eigenvalue weighted by Crippen LogP contribution is -2.35. The van der Waals surface area contributed by atoms with Crippen molar-refractivity contribution in [2.75, 3.05) is 29.9 Å². The third kappa shape index (κ3) is 5.15. The van der Waals surface area contributed by atoms with E-state index in [2.05, 4.69) is 39.8 Å². The highest BCUT2D eigenvalue weighted by molar-refractivity contribution is 5.76. The van der Waals surface area contributed by atoms with Gasteiger partial charge in [-0.3, -0.25) is 4.79 Å². The average Bonchev–Trinajstić information content (AvgIpc) is 3.01. The van der Waals surface area contributed by atoms with Crippen LogP contribution in [0.1, 0.15) is 57.8 Å². The third-order valence-corrected chi connectivity index (χ3v) is 5.24. The topological polar surface area (TPSA) is 44.4 Å². The number of rotatable bonds is 6. The zero-order chi connectivity index (χ0) is 16.6. The number of carbonyl (C=O) groups excluding carboxylic acids is 1. The van der Waals surface area contributed by atoms with E-state index in [4.69, 9.17) is 0 Å². The van der Waals surface area contributed by atoms with E-state index in [9.17, 15) is 4.79 Å². The summed E-state index contributed by atoms with van der Waals surface area (Å²) in [4.78, 5) is 14.5. The molecule has 2 aliphatic rings. The van der Waals surface area contributed by atoms with Crippen molar-refractivity contribution in [1.82, 2.24) is 5.32 Å². The van der Waals surface area contributed by atoms with Crippen molar-refractivity contribution in [3.05, 3.63) is 24.3 Å². The first-order valence-corrected chi connectivity index (χ1v) is 9.69. The van der Waals surface area contributed by atoms with Crippen LogP contribution in [0.25, 0.3) is 0 Å². The van der Waals surface area contributed by atoms with Crippen molar-refractivity contribution in [2.45, 2.75) is 63.8 Å². The summed E-state index contributed by atoms with van der Waals surface area (Å²) in [7, 11) is 0. The molecular weight excluding hydrogens is 298 g/mol. The summed E-state index contributed by atoms with van der Waals surface area (Å²) < 4.78 is 0. The molecule has 0 bridgehead atoms. The molecule has 0 atom stereocenters. The van der Waals surface area contributed by atoms with E-state index in [0.29, 0.717) is 19.0 Å². The maximum atomic E-state index is 12.1. The van der Waals surface area contributed by atoms with Crippen LogP contribution in [0.15, 0.2) is 24.3 Å². The molecule has 24 heavy (non-hydrogen) atoms. The van der Waals surface area contributed by atoms with Crippen LogP contribution in [-0.2, 0) is 4.79 Å². The van der Waals surface area contributed by atoms with Crippen LogP contribution < -0.4 is 15.5 Å². The number of hydrogen-bond acceptors (Lipinski definition) is 3. The molecule has 1 heterocycles. The van der Waals surface area contributed by atoms with Crippen molar-refractivity contribution in [3.8, 4) is 0 Å². The second-order valence-corrected chi connectivity index (χ2v) is 7.17. The number of nitrogens with one attached hydrogen (secondary N) is 2. The van der Waals surface area contributed by atoms with Crippen molar-refractivity contribution in [1.29, 1.82) is 0 Å². The van der Waals surface area contributed by atoms with Gasteiger partial charge in [-0.05, 0) is 49.9 Å². The molecule has 1 aromatic carbocycles. The lowest BCUT2D eigenvalue weighted by atomic mass is 10.1. The number of carbonyl (C=O) groups is 1. The molecule has 1 aliphatic heterocycles. The van der Waals surface area contributed by atoms with Crippen molar-refractivity contribution in [2.24, 2.45) is 0 Å². The van der Waals surface area contributed by atoms with Gasteiger partial charge < -0.3 is 15.5 Å². The Morgan fingerprint density at radius 2 is 1.62 bits per heavy atom. The zero-order valence-corrected chi connectivity index (χ0v) is 14.7. The molecule has 1 saturated carbocycles. The van der Waals surface area contributed by atoms with Crippen molar-refractivity contribution in [3.63, 3.8) is 0 Å². The highest BCUT2D eigenvalue weighted by atomic mass is 16.1. The Bertz CT molecular complexity index is 500. The predicted octanol–water partition coefficient (Wildman–Crippen LogP) is 3.93. The van der Waals surface area contributed by atoms with Crippen molar-refractivity contribution >= 4 is 17.3 Å². The smallest absolute Gasteiger partial charge is 0.221 e. The molecular formula is C20H31N3O. The molecule has 0 aromatic heterocycles. The van der Waals surface area contributed by atoms with E-state index in [-0.39, 0.29) is 5.91 Å². The second kappa shape index (κ2) is 8.95. The molecule has 0 radical (unpaired) electrons. The molecule has 132 valence electrons. The molecule has 1 amide bonds. The predicted molar refractivity (Wildman–Crippen MR) is 101 cm³/mol. The summed E-state index contributed by atoms with van der Waals surface area (Å²) in [6, 6.07) is 9.01. The molecule has 4 nitrogen and oxygen atoms in total. The average molecular weight is 329 g/mol. The highest BCUT2D eigenvalue weighted by Gasteiger charge is 2.14. The van der Waals surface area contributed by atoms with Gasteiger partial charge in [-0.15, -0.1) is 0 Å². The Kier molecular flexibility index (Phi) is 6.39. The minimum atomic E-state index is 0.183. The summed E-state index contributed by atoms with van der Waals surface area (Å²) in [6.07, 6.45) is 10.6. The van der Waals surface area contributed by atoms with Gasteiger partial charge in [-0.2, -0.15) is 0 Å². The fourth-order valence-corrected chi connectivity index (χ4v) is 3.81. The number of nitrogens with zero attached hydrogens (tertiary/aromatic N) is 1. The molecule has 2 N–H and O–H groups in total. The fourth-order valence-electron chi connectivity index (χ4n) is 3.81. The SMILES string of the molecule is O=C(CCNc1ccc(N2CCCC2)cc1)NC1CCCCCC1. The molecule has 3 rings (SSSR count). The van der Waals surface area contributed by atoms with Crippen LogP contribution in [0.3, 0.4) is 0 Å². The molecule has 0 unspecified atom stereocenters. The maximum absolute atomic E-state index is 12.1. The Labute approximate surface area is 146 Å². The minimum absolute atomic E-state index is 0.183. The van der Waals surface area contributed by atoms with Gasteiger partial charge in [0.25, 0.3) is 0 Å². The molecule has 4 heteroatoms. The van der Waals surface area contributed by atoms with Gasteiger partial charge in [0.2, 0.25) is 5.91 Å². The van der Waals surface area contributed by atoms with Gasteiger partial charge in [0, 0.05) is 43.5 Å². The summed E-state index contributed by atoms with van der Waals surface area (Å²) in [5.41, 5.74) is 2.41. The van der Waals surface area contributed by atoms with Gasteiger partial charge in [0.15, 0.2) is 0 Å². The van der Waals surface area contributed by atoms with E-state index in [1.54, 1.807) is 0 Å². The Morgan fingerprint density at radius 1 is 0.958 bits per heavy atom. The van der Waals surface area contributed by atoms with E-state index >= 15 is 0 Å². The monoisotopic (exact) mass is 329 g/mol. The van der Waals surface area contributed by atoms with Crippen LogP contribution in [0.5, 0.6) is 0 Å². The molecule has 1 saturated heterocycles. The second-order valence-electron chi connectivity index (χ2n) is 7.17. The highest BCUT2D eigenvalue weighted by Crippen LogP contribution is 2.22. The summed E-state index contributed by atoms with van der Waals surface area (Å²) >= 11 is 0. The van der Waals surface area contributed by atoms with Crippen LogP contribution in [-0.4, -0.2) is 31.6 Å². The summed E-state index contributed by atoms with van der Waals surface area (Å²) in [6.45, 7) is 3.05. The van der Waals surface area contributed by atoms with E-state index in [1.807, 2.05) is 0 Å². The molecule has 2 fully saturated rings.